The summed E-state index contributed by atoms with van der Waals surface area (Å²) in [6.07, 6.45) is 5.99. The fraction of sp³-hybridized carbons (Fsp3) is 0.909. The van der Waals surface area contributed by atoms with E-state index >= 15 is 0 Å². The normalized spacial score (nSPS) is 19.9. The third-order valence-corrected chi connectivity index (χ3v) is 3.90. The molecule has 0 aromatic heterocycles. The molecule has 0 aromatic rings. The van der Waals surface area contributed by atoms with E-state index in [0.29, 0.717) is 6.54 Å². The lowest BCUT2D eigenvalue weighted by Gasteiger charge is -2.40. The van der Waals surface area contributed by atoms with Gasteiger partial charge in [-0.1, -0.05) is 0 Å². The van der Waals surface area contributed by atoms with Crippen molar-refractivity contribution in [3.63, 3.8) is 0 Å². The molecule has 0 radical (unpaired) electrons. The lowest BCUT2D eigenvalue weighted by molar-refractivity contribution is -0.126. The summed E-state index contributed by atoms with van der Waals surface area (Å²) in [7, 11) is 1.71. The van der Waals surface area contributed by atoms with Crippen molar-refractivity contribution in [1.82, 2.24) is 5.32 Å². The van der Waals surface area contributed by atoms with E-state index in [0.717, 1.165) is 25.0 Å². The molecule has 0 heterocycles. The Morgan fingerprint density at radius 1 is 1.62 bits per heavy atom. The molecular formula is C11H22N2O2S. The second-order valence-electron chi connectivity index (χ2n) is 4.35. The molecule has 1 atom stereocenters. The number of hydrogen-bond acceptors (Lipinski definition) is 4. The molecule has 0 spiro atoms. The van der Waals surface area contributed by atoms with E-state index in [4.69, 9.17) is 10.5 Å². The van der Waals surface area contributed by atoms with Crippen LogP contribution in [0.3, 0.4) is 0 Å². The van der Waals surface area contributed by atoms with Crippen LogP contribution in [0.15, 0.2) is 0 Å². The zero-order valence-electron chi connectivity index (χ0n) is 10.1. The van der Waals surface area contributed by atoms with Gasteiger partial charge < -0.3 is 15.8 Å². The largest absolute Gasteiger partial charge is 0.376 e. The van der Waals surface area contributed by atoms with Gasteiger partial charge in [0.2, 0.25) is 5.91 Å². The molecule has 0 aromatic carbocycles. The molecule has 0 unspecified atom stereocenters. The maximum absolute atomic E-state index is 11.7. The van der Waals surface area contributed by atoms with Crippen molar-refractivity contribution in [3.05, 3.63) is 0 Å². The fourth-order valence-electron chi connectivity index (χ4n) is 1.78. The van der Waals surface area contributed by atoms with Crippen molar-refractivity contribution < 1.29 is 9.53 Å². The number of rotatable bonds is 7. The Balaban J connectivity index is 2.23. The molecule has 1 fully saturated rings. The lowest BCUT2D eigenvalue weighted by atomic mass is 9.80. The van der Waals surface area contributed by atoms with Crippen LogP contribution in [0.4, 0.5) is 0 Å². The summed E-state index contributed by atoms with van der Waals surface area (Å²) < 4.78 is 5.43. The van der Waals surface area contributed by atoms with Crippen molar-refractivity contribution in [3.8, 4) is 0 Å². The van der Waals surface area contributed by atoms with Gasteiger partial charge in [-0.2, -0.15) is 11.8 Å². The number of carbonyl (C=O) groups is 1. The van der Waals surface area contributed by atoms with Gasteiger partial charge in [0.15, 0.2) is 0 Å². The number of carbonyl (C=O) groups excluding carboxylic acids is 1. The number of nitrogens with two attached hydrogens (primary N) is 1. The van der Waals surface area contributed by atoms with Crippen LogP contribution in [0.1, 0.15) is 25.7 Å². The Bertz CT molecular complexity index is 227. The highest BCUT2D eigenvalue weighted by molar-refractivity contribution is 7.98. The topological polar surface area (TPSA) is 64.3 Å². The summed E-state index contributed by atoms with van der Waals surface area (Å²) in [5.41, 5.74) is 5.65. The minimum Gasteiger partial charge on any atom is -0.376 e. The van der Waals surface area contributed by atoms with Crippen LogP contribution in [0.25, 0.3) is 0 Å². The number of thioether (sulfide) groups is 1. The van der Waals surface area contributed by atoms with E-state index in [9.17, 15) is 4.79 Å². The van der Waals surface area contributed by atoms with Crippen LogP contribution in [-0.4, -0.2) is 43.2 Å². The molecule has 1 amide bonds. The van der Waals surface area contributed by atoms with Crippen molar-refractivity contribution in [2.75, 3.05) is 25.7 Å². The first kappa shape index (κ1) is 13.8. The first-order valence-corrected chi connectivity index (χ1v) is 7.10. The molecule has 1 aliphatic carbocycles. The van der Waals surface area contributed by atoms with Gasteiger partial charge in [0.25, 0.3) is 0 Å². The summed E-state index contributed by atoms with van der Waals surface area (Å²) >= 11 is 1.71. The van der Waals surface area contributed by atoms with E-state index in [1.807, 2.05) is 6.26 Å². The van der Waals surface area contributed by atoms with Crippen LogP contribution in [0.2, 0.25) is 0 Å². The minimum atomic E-state index is -0.388. The predicted molar refractivity (Wildman–Crippen MR) is 67.6 cm³/mol. The minimum absolute atomic E-state index is 0.0580. The average molecular weight is 246 g/mol. The van der Waals surface area contributed by atoms with Crippen molar-refractivity contribution in [1.29, 1.82) is 0 Å². The monoisotopic (exact) mass is 246 g/mol. The maximum atomic E-state index is 11.7. The van der Waals surface area contributed by atoms with Gasteiger partial charge in [0, 0.05) is 13.7 Å². The zero-order valence-corrected chi connectivity index (χ0v) is 10.9. The van der Waals surface area contributed by atoms with Gasteiger partial charge in [-0.25, -0.2) is 0 Å². The molecule has 1 aliphatic rings. The third kappa shape index (κ3) is 3.64. The first-order chi connectivity index (χ1) is 7.63. The van der Waals surface area contributed by atoms with Gasteiger partial charge in [0.05, 0.1) is 11.6 Å². The number of ether oxygens (including phenoxy) is 1. The summed E-state index contributed by atoms with van der Waals surface area (Å²) in [5, 5.41) is 2.89. The van der Waals surface area contributed by atoms with E-state index in [1.165, 1.54) is 6.42 Å². The SMILES string of the molecule is COC1(CNC(=O)[C@H](N)CCSC)CCC1. The highest BCUT2D eigenvalue weighted by atomic mass is 32.2. The highest BCUT2D eigenvalue weighted by Gasteiger charge is 2.37. The van der Waals surface area contributed by atoms with E-state index in [-0.39, 0.29) is 17.6 Å². The van der Waals surface area contributed by atoms with Crippen LogP contribution in [-0.2, 0) is 9.53 Å². The number of hydrogen-bond donors (Lipinski definition) is 2. The number of amides is 1. The van der Waals surface area contributed by atoms with Crippen LogP contribution in [0, 0.1) is 0 Å². The Morgan fingerprint density at radius 2 is 2.31 bits per heavy atom. The van der Waals surface area contributed by atoms with E-state index < -0.39 is 0 Å². The molecular weight excluding hydrogens is 224 g/mol. The van der Waals surface area contributed by atoms with Crippen molar-refractivity contribution in [2.45, 2.75) is 37.3 Å². The second kappa shape index (κ2) is 6.47. The molecule has 1 rings (SSSR count). The molecule has 5 heteroatoms. The average Bonchev–Trinajstić information content (AvgIpc) is 2.24. The van der Waals surface area contributed by atoms with Crippen LogP contribution < -0.4 is 11.1 Å². The Hall–Kier alpha value is -0.260. The number of methoxy groups -OCH3 is 1. The molecule has 1 saturated carbocycles. The molecule has 4 nitrogen and oxygen atoms in total. The molecule has 0 bridgehead atoms. The van der Waals surface area contributed by atoms with Gasteiger partial charge in [-0.15, -0.1) is 0 Å². The highest BCUT2D eigenvalue weighted by Crippen LogP contribution is 2.34. The lowest BCUT2D eigenvalue weighted by Crippen LogP contribution is -2.52. The van der Waals surface area contributed by atoms with Crippen LogP contribution >= 0.6 is 11.8 Å². The number of nitrogens with one attached hydrogen (secondary N) is 1. The molecule has 94 valence electrons. The second-order valence-corrected chi connectivity index (χ2v) is 5.33. The standard InChI is InChI=1S/C11H22N2O2S/c1-15-11(5-3-6-11)8-13-10(14)9(12)4-7-16-2/h9H,3-8,12H2,1-2H3,(H,13,14)/t9-/m1/s1. The van der Waals surface area contributed by atoms with Gasteiger partial charge in [-0.3, -0.25) is 4.79 Å². The fourth-order valence-corrected chi connectivity index (χ4v) is 2.27. The zero-order chi connectivity index (χ0) is 12.0. The molecule has 0 saturated heterocycles. The van der Waals surface area contributed by atoms with Crippen LogP contribution in [0.5, 0.6) is 0 Å². The van der Waals surface area contributed by atoms with Gasteiger partial charge in [0.1, 0.15) is 0 Å². The Kier molecular flexibility index (Phi) is 5.58. The van der Waals surface area contributed by atoms with Gasteiger partial charge >= 0.3 is 0 Å². The third-order valence-electron chi connectivity index (χ3n) is 3.25. The molecule has 16 heavy (non-hydrogen) atoms. The van der Waals surface area contributed by atoms with Crippen molar-refractivity contribution in [2.24, 2.45) is 5.73 Å². The Morgan fingerprint density at radius 3 is 2.75 bits per heavy atom. The predicted octanol–water partition coefficient (Wildman–Crippen LogP) is 0.752. The van der Waals surface area contributed by atoms with Crippen molar-refractivity contribution >= 4 is 17.7 Å². The van der Waals surface area contributed by atoms with Gasteiger partial charge in [-0.05, 0) is 37.7 Å². The first-order valence-electron chi connectivity index (χ1n) is 5.71. The summed E-state index contributed by atoms with van der Waals surface area (Å²) in [5.74, 6) is 0.863. The molecule has 0 aliphatic heterocycles. The molecule has 3 N–H and O–H groups in total. The summed E-state index contributed by atoms with van der Waals surface area (Å²) in [6, 6.07) is -0.388. The smallest absolute Gasteiger partial charge is 0.237 e. The maximum Gasteiger partial charge on any atom is 0.237 e. The summed E-state index contributed by atoms with van der Waals surface area (Å²) in [4.78, 5) is 11.7. The van der Waals surface area contributed by atoms with E-state index in [1.54, 1.807) is 18.9 Å². The quantitative estimate of drug-likeness (QED) is 0.696. The Labute approximate surface area is 102 Å². The summed E-state index contributed by atoms with van der Waals surface area (Å²) in [6.45, 7) is 0.593. The van der Waals surface area contributed by atoms with E-state index in [2.05, 4.69) is 5.32 Å².